The summed E-state index contributed by atoms with van der Waals surface area (Å²) in [4.78, 5) is 8.97. The van der Waals surface area contributed by atoms with E-state index in [2.05, 4.69) is 68.8 Å². The molecule has 0 fully saturated rings. The molecule has 0 aliphatic rings. The molecule has 17 heavy (non-hydrogen) atoms. The maximum absolute atomic E-state index is 4.54. The minimum atomic E-state index is 0.126. The van der Waals surface area contributed by atoms with Crippen LogP contribution in [0.5, 0.6) is 0 Å². The maximum Gasteiger partial charge on any atom is 0.0550 e. The predicted molar refractivity (Wildman–Crippen MR) is 74.8 cm³/mol. The summed E-state index contributed by atoms with van der Waals surface area (Å²) in [5.74, 6) is 0. The van der Waals surface area contributed by atoms with Gasteiger partial charge >= 0.3 is 0 Å². The van der Waals surface area contributed by atoms with Gasteiger partial charge in [0.05, 0.1) is 11.9 Å². The smallest absolute Gasteiger partial charge is 0.0550 e. The van der Waals surface area contributed by atoms with Gasteiger partial charge in [-0.25, -0.2) is 0 Å². The first kappa shape index (κ1) is 14.0. The molecule has 0 saturated heterocycles. The predicted octanol–water partition coefficient (Wildman–Crippen LogP) is 2.38. The van der Waals surface area contributed by atoms with Crippen molar-refractivity contribution in [3.8, 4) is 0 Å². The van der Waals surface area contributed by atoms with Crippen LogP contribution in [0.1, 0.15) is 26.5 Å². The van der Waals surface area contributed by atoms with Crippen molar-refractivity contribution in [3.63, 3.8) is 0 Å². The molecule has 96 valence electrons. The van der Waals surface area contributed by atoms with Crippen molar-refractivity contribution < 1.29 is 0 Å². The van der Waals surface area contributed by atoms with E-state index in [1.807, 2.05) is 6.20 Å². The fraction of sp³-hybridized carbons (Fsp3) is 0.643. The van der Waals surface area contributed by atoms with Crippen molar-refractivity contribution in [2.24, 2.45) is 0 Å². The number of pyridine rings is 1. The van der Waals surface area contributed by atoms with Gasteiger partial charge in [-0.2, -0.15) is 0 Å². The third kappa shape index (κ3) is 4.35. The number of likely N-dealkylation sites (N-methyl/N-ethyl adjacent to an activating group) is 2. The zero-order valence-electron chi connectivity index (χ0n) is 12.0. The summed E-state index contributed by atoms with van der Waals surface area (Å²) in [6.45, 7) is 8.63. The van der Waals surface area contributed by atoms with E-state index in [0.29, 0.717) is 0 Å². The molecular formula is C14H25N3. The standard InChI is InChI=1S/C14H25N3/c1-14(2,3)13-8-7-12(11-15-13)17(6)10-9-16(4)5/h7-8,11H,9-10H2,1-6H3. The second-order valence-corrected chi connectivity index (χ2v) is 5.88. The van der Waals surface area contributed by atoms with Crippen molar-refractivity contribution >= 4 is 5.69 Å². The van der Waals surface area contributed by atoms with Gasteiger partial charge < -0.3 is 9.80 Å². The lowest BCUT2D eigenvalue weighted by atomic mass is 9.92. The molecule has 0 saturated carbocycles. The lowest BCUT2D eigenvalue weighted by molar-refractivity contribution is 0.416. The van der Waals surface area contributed by atoms with E-state index in [1.54, 1.807) is 0 Å². The molecule has 0 N–H and O–H groups in total. The second kappa shape index (κ2) is 5.50. The summed E-state index contributed by atoms with van der Waals surface area (Å²) in [5, 5.41) is 0. The Hall–Kier alpha value is -1.09. The fourth-order valence-corrected chi connectivity index (χ4v) is 1.53. The van der Waals surface area contributed by atoms with E-state index in [0.717, 1.165) is 18.8 Å². The van der Waals surface area contributed by atoms with Crippen LogP contribution in [-0.2, 0) is 5.41 Å². The Morgan fingerprint density at radius 1 is 1.06 bits per heavy atom. The molecule has 0 aromatic carbocycles. The lowest BCUT2D eigenvalue weighted by Crippen LogP contribution is -2.28. The minimum absolute atomic E-state index is 0.126. The molecule has 0 aliphatic heterocycles. The van der Waals surface area contributed by atoms with Crippen molar-refractivity contribution in [2.45, 2.75) is 26.2 Å². The summed E-state index contributed by atoms with van der Waals surface area (Å²) < 4.78 is 0. The van der Waals surface area contributed by atoms with Crippen LogP contribution in [0.3, 0.4) is 0 Å². The molecule has 0 spiro atoms. The highest BCUT2D eigenvalue weighted by atomic mass is 15.2. The molecule has 1 aromatic heterocycles. The van der Waals surface area contributed by atoms with Crippen LogP contribution in [0.2, 0.25) is 0 Å². The number of aromatic nitrogens is 1. The van der Waals surface area contributed by atoms with Crippen molar-refractivity contribution in [1.82, 2.24) is 9.88 Å². The molecule has 1 heterocycles. The topological polar surface area (TPSA) is 19.4 Å². The summed E-state index contributed by atoms with van der Waals surface area (Å²) in [7, 11) is 6.29. The number of rotatable bonds is 4. The Kier molecular flexibility index (Phi) is 4.52. The van der Waals surface area contributed by atoms with Gasteiger partial charge in [0.2, 0.25) is 0 Å². The van der Waals surface area contributed by atoms with Crippen molar-refractivity contribution in [1.29, 1.82) is 0 Å². The maximum atomic E-state index is 4.54. The van der Waals surface area contributed by atoms with Gasteiger partial charge in [0.1, 0.15) is 0 Å². The minimum Gasteiger partial charge on any atom is -0.372 e. The Morgan fingerprint density at radius 3 is 2.12 bits per heavy atom. The van der Waals surface area contributed by atoms with Crippen LogP contribution in [0.15, 0.2) is 18.3 Å². The molecule has 0 unspecified atom stereocenters. The fourth-order valence-electron chi connectivity index (χ4n) is 1.53. The van der Waals surface area contributed by atoms with E-state index in [1.165, 1.54) is 5.69 Å². The lowest BCUT2D eigenvalue weighted by Gasteiger charge is -2.23. The first-order valence-corrected chi connectivity index (χ1v) is 6.13. The summed E-state index contributed by atoms with van der Waals surface area (Å²) in [5.41, 5.74) is 2.45. The van der Waals surface area contributed by atoms with Crippen LogP contribution in [0.4, 0.5) is 5.69 Å². The normalized spacial score (nSPS) is 11.9. The third-order valence-corrected chi connectivity index (χ3v) is 2.84. The number of anilines is 1. The molecule has 3 heteroatoms. The van der Waals surface area contributed by atoms with Crippen LogP contribution < -0.4 is 4.90 Å². The Bertz CT molecular complexity index is 335. The van der Waals surface area contributed by atoms with Crippen molar-refractivity contribution in [3.05, 3.63) is 24.0 Å². The molecule has 0 aliphatic carbocycles. The number of hydrogen-bond acceptors (Lipinski definition) is 3. The molecule has 0 bridgehead atoms. The highest BCUT2D eigenvalue weighted by molar-refractivity contribution is 5.44. The quantitative estimate of drug-likeness (QED) is 0.799. The third-order valence-electron chi connectivity index (χ3n) is 2.84. The average molecular weight is 235 g/mol. The Morgan fingerprint density at radius 2 is 1.71 bits per heavy atom. The van der Waals surface area contributed by atoms with Gasteiger partial charge in [-0.05, 0) is 26.2 Å². The molecule has 3 nitrogen and oxygen atoms in total. The second-order valence-electron chi connectivity index (χ2n) is 5.88. The first-order valence-electron chi connectivity index (χ1n) is 6.13. The van der Waals surface area contributed by atoms with Crippen LogP contribution in [0, 0.1) is 0 Å². The van der Waals surface area contributed by atoms with E-state index in [9.17, 15) is 0 Å². The van der Waals surface area contributed by atoms with Crippen LogP contribution in [0.25, 0.3) is 0 Å². The van der Waals surface area contributed by atoms with Crippen LogP contribution >= 0.6 is 0 Å². The molecule has 0 atom stereocenters. The highest BCUT2D eigenvalue weighted by Gasteiger charge is 2.15. The SMILES string of the molecule is CN(C)CCN(C)c1ccc(C(C)(C)C)nc1. The monoisotopic (exact) mass is 235 g/mol. The molecule has 1 rings (SSSR count). The van der Waals surface area contributed by atoms with Gasteiger partial charge in [0.25, 0.3) is 0 Å². The largest absolute Gasteiger partial charge is 0.372 e. The van der Waals surface area contributed by atoms with Gasteiger partial charge in [-0.3, -0.25) is 4.98 Å². The summed E-state index contributed by atoms with van der Waals surface area (Å²) in [6.07, 6.45) is 1.97. The molecular weight excluding hydrogens is 210 g/mol. The van der Waals surface area contributed by atoms with Gasteiger partial charge in [-0.15, -0.1) is 0 Å². The van der Waals surface area contributed by atoms with Crippen molar-refractivity contribution in [2.75, 3.05) is 39.1 Å². The van der Waals surface area contributed by atoms with Gasteiger partial charge in [0.15, 0.2) is 0 Å². The van der Waals surface area contributed by atoms with Crippen LogP contribution in [-0.4, -0.2) is 44.1 Å². The molecule has 0 amide bonds. The summed E-state index contributed by atoms with van der Waals surface area (Å²) >= 11 is 0. The zero-order valence-corrected chi connectivity index (χ0v) is 12.0. The van der Waals surface area contributed by atoms with E-state index in [4.69, 9.17) is 0 Å². The van der Waals surface area contributed by atoms with Gasteiger partial charge in [0, 0.05) is 31.2 Å². The number of nitrogens with zero attached hydrogens (tertiary/aromatic N) is 3. The zero-order chi connectivity index (χ0) is 13.1. The van der Waals surface area contributed by atoms with Gasteiger partial charge in [-0.1, -0.05) is 20.8 Å². The number of hydrogen-bond donors (Lipinski definition) is 0. The van der Waals surface area contributed by atoms with E-state index >= 15 is 0 Å². The molecule has 0 radical (unpaired) electrons. The van der Waals surface area contributed by atoms with E-state index in [-0.39, 0.29) is 5.41 Å². The Labute approximate surface area is 105 Å². The highest BCUT2D eigenvalue weighted by Crippen LogP contribution is 2.21. The first-order chi connectivity index (χ1) is 7.80. The average Bonchev–Trinajstić information content (AvgIpc) is 2.25. The summed E-state index contributed by atoms with van der Waals surface area (Å²) in [6, 6.07) is 4.28. The molecule has 1 aromatic rings. The van der Waals surface area contributed by atoms with E-state index < -0.39 is 0 Å². The Balaban J connectivity index is 2.67.